The van der Waals surface area contributed by atoms with E-state index in [0.717, 1.165) is 28.8 Å². The standard InChI is InChI=1S/C28H30N2O2/c1-19(2)32-25-13-10-22(11-14-25)17-29-28(31)24-12-15-27-26(16-24)20(3)21(4)30(27)18-23-8-6-5-7-9-23/h5-16,19H,17-18H2,1-4H3,(H,29,31). The van der Waals surface area contributed by atoms with Gasteiger partial charge in [0.15, 0.2) is 0 Å². The molecule has 1 amide bonds. The summed E-state index contributed by atoms with van der Waals surface area (Å²) in [6.45, 7) is 9.57. The van der Waals surface area contributed by atoms with Gasteiger partial charge in [-0.3, -0.25) is 4.79 Å². The van der Waals surface area contributed by atoms with Crippen LogP contribution in [0.2, 0.25) is 0 Å². The lowest BCUT2D eigenvalue weighted by Gasteiger charge is -2.11. The van der Waals surface area contributed by atoms with E-state index < -0.39 is 0 Å². The van der Waals surface area contributed by atoms with Crippen molar-refractivity contribution in [2.45, 2.75) is 46.9 Å². The highest BCUT2D eigenvalue weighted by molar-refractivity contribution is 5.99. The van der Waals surface area contributed by atoms with Gasteiger partial charge in [-0.2, -0.15) is 0 Å². The van der Waals surface area contributed by atoms with Gasteiger partial charge < -0.3 is 14.6 Å². The molecule has 3 aromatic carbocycles. The molecule has 1 aromatic heterocycles. The first-order valence-electron chi connectivity index (χ1n) is 11.1. The van der Waals surface area contributed by atoms with E-state index in [4.69, 9.17) is 4.74 Å². The lowest BCUT2D eigenvalue weighted by atomic mass is 10.1. The number of fused-ring (bicyclic) bond motifs is 1. The van der Waals surface area contributed by atoms with Gasteiger partial charge >= 0.3 is 0 Å². The summed E-state index contributed by atoms with van der Waals surface area (Å²) in [4.78, 5) is 12.8. The van der Waals surface area contributed by atoms with Crippen molar-refractivity contribution in [3.05, 3.63) is 101 Å². The maximum absolute atomic E-state index is 12.8. The highest BCUT2D eigenvalue weighted by Crippen LogP contribution is 2.27. The number of nitrogens with one attached hydrogen (secondary N) is 1. The zero-order chi connectivity index (χ0) is 22.7. The van der Waals surface area contributed by atoms with Crippen LogP contribution in [0.3, 0.4) is 0 Å². The molecule has 0 aliphatic rings. The van der Waals surface area contributed by atoms with E-state index >= 15 is 0 Å². The Labute approximate surface area is 189 Å². The summed E-state index contributed by atoms with van der Waals surface area (Å²) in [5, 5.41) is 4.16. The van der Waals surface area contributed by atoms with Crippen LogP contribution in [0.5, 0.6) is 5.75 Å². The van der Waals surface area contributed by atoms with Gasteiger partial charge in [0.25, 0.3) is 5.91 Å². The Balaban J connectivity index is 1.49. The summed E-state index contributed by atoms with van der Waals surface area (Å²) >= 11 is 0. The van der Waals surface area contributed by atoms with Crippen molar-refractivity contribution in [2.75, 3.05) is 0 Å². The summed E-state index contributed by atoms with van der Waals surface area (Å²) in [7, 11) is 0. The first-order valence-corrected chi connectivity index (χ1v) is 11.1. The average Bonchev–Trinajstić information content (AvgIpc) is 3.03. The third-order valence-electron chi connectivity index (χ3n) is 5.83. The quantitative estimate of drug-likeness (QED) is 0.392. The number of rotatable bonds is 7. The van der Waals surface area contributed by atoms with E-state index in [-0.39, 0.29) is 12.0 Å². The number of nitrogens with zero attached hydrogens (tertiary/aromatic N) is 1. The lowest BCUT2D eigenvalue weighted by Crippen LogP contribution is -2.22. The molecule has 0 spiro atoms. The molecule has 0 saturated heterocycles. The molecule has 0 saturated carbocycles. The van der Waals surface area contributed by atoms with Gasteiger partial charge in [0.1, 0.15) is 5.75 Å². The van der Waals surface area contributed by atoms with Crippen molar-refractivity contribution in [3.63, 3.8) is 0 Å². The van der Waals surface area contributed by atoms with E-state index in [1.54, 1.807) is 0 Å². The topological polar surface area (TPSA) is 43.3 Å². The van der Waals surface area contributed by atoms with Crippen molar-refractivity contribution >= 4 is 16.8 Å². The van der Waals surface area contributed by atoms with Gasteiger partial charge in [-0.05, 0) is 74.7 Å². The number of aromatic nitrogens is 1. The Morgan fingerprint density at radius 3 is 2.34 bits per heavy atom. The van der Waals surface area contributed by atoms with Gasteiger partial charge in [0.2, 0.25) is 0 Å². The number of amides is 1. The first-order chi connectivity index (χ1) is 15.4. The van der Waals surface area contributed by atoms with Crippen LogP contribution in [0.4, 0.5) is 0 Å². The molecule has 0 unspecified atom stereocenters. The molecule has 0 aliphatic carbocycles. The smallest absolute Gasteiger partial charge is 0.251 e. The molecular formula is C28H30N2O2. The van der Waals surface area contributed by atoms with Gasteiger partial charge in [0.05, 0.1) is 6.10 Å². The summed E-state index contributed by atoms with van der Waals surface area (Å²) in [6, 6.07) is 24.3. The molecule has 4 heteroatoms. The second-order valence-electron chi connectivity index (χ2n) is 8.51. The van der Waals surface area contributed by atoms with Gasteiger partial charge in [0, 0.05) is 35.2 Å². The van der Waals surface area contributed by atoms with Crippen LogP contribution in [0, 0.1) is 13.8 Å². The van der Waals surface area contributed by atoms with E-state index in [1.165, 1.54) is 16.8 Å². The fourth-order valence-corrected chi connectivity index (χ4v) is 4.00. The lowest BCUT2D eigenvalue weighted by molar-refractivity contribution is 0.0951. The van der Waals surface area contributed by atoms with E-state index in [0.29, 0.717) is 12.1 Å². The monoisotopic (exact) mass is 426 g/mol. The van der Waals surface area contributed by atoms with Crippen molar-refractivity contribution in [2.24, 2.45) is 0 Å². The maximum atomic E-state index is 12.8. The Morgan fingerprint density at radius 1 is 0.938 bits per heavy atom. The minimum Gasteiger partial charge on any atom is -0.491 e. The second-order valence-corrected chi connectivity index (χ2v) is 8.51. The van der Waals surface area contributed by atoms with Crippen LogP contribution >= 0.6 is 0 Å². The minimum atomic E-state index is -0.0673. The number of hydrogen-bond donors (Lipinski definition) is 1. The molecule has 1 N–H and O–H groups in total. The number of ether oxygens (including phenoxy) is 1. The average molecular weight is 427 g/mol. The van der Waals surface area contributed by atoms with Crippen LogP contribution in [0.15, 0.2) is 72.8 Å². The molecule has 4 nitrogen and oxygen atoms in total. The molecular weight excluding hydrogens is 396 g/mol. The summed E-state index contributed by atoms with van der Waals surface area (Å²) < 4.78 is 8.00. The predicted octanol–water partition coefficient (Wildman–Crippen LogP) is 6.02. The van der Waals surface area contributed by atoms with Gasteiger partial charge in [-0.25, -0.2) is 0 Å². The maximum Gasteiger partial charge on any atom is 0.251 e. The normalized spacial score (nSPS) is 11.2. The minimum absolute atomic E-state index is 0.0673. The molecule has 4 aromatic rings. The zero-order valence-corrected chi connectivity index (χ0v) is 19.2. The van der Waals surface area contributed by atoms with Crippen molar-refractivity contribution in [3.8, 4) is 5.75 Å². The van der Waals surface area contributed by atoms with Gasteiger partial charge in [-0.1, -0.05) is 42.5 Å². The SMILES string of the molecule is Cc1c(C)n(Cc2ccccc2)c2ccc(C(=O)NCc3ccc(OC(C)C)cc3)cc12. The van der Waals surface area contributed by atoms with Crippen LogP contribution < -0.4 is 10.1 Å². The Bertz CT molecular complexity index is 1220. The number of carbonyl (C=O) groups is 1. The molecule has 1 heterocycles. The Kier molecular flexibility index (Phi) is 6.31. The largest absolute Gasteiger partial charge is 0.491 e. The van der Waals surface area contributed by atoms with Crippen LogP contribution in [0.25, 0.3) is 10.9 Å². The third kappa shape index (κ3) is 4.70. The molecule has 164 valence electrons. The van der Waals surface area contributed by atoms with E-state index in [9.17, 15) is 4.79 Å². The number of aryl methyl sites for hydroxylation is 1. The highest BCUT2D eigenvalue weighted by Gasteiger charge is 2.14. The first kappa shape index (κ1) is 21.7. The predicted molar refractivity (Wildman–Crippen MR) is 130 cm³/mol. The third-order valence-corrected chi connectivity index (χ3v) is 5.83. The summed E-state index contributed by atoms with van der Waals surface area (Å²) in [5.74, 6) is 0.772. The Morgan fingerprint density at radius 2 is 1.66 bits per heavy atom. The molecule has 0 atom stereocenters. The molecule has 32 heavy (non-hydrogen) atoms. The van der Waals surface area contributed by atoms with Crippen molar-refractivity contribution in [1.29, 1.82) is 0 Å². The number of benzene rings is 3. The Hall–Kier alpha value is -3.53. The second kappa shape index (κ2) is 9.31. The van der Waals surface area contributed by atoms with Crippen molar-refractivity contribution < 1.29 is 9.53 Å². The van der Waals surface area contributed by atoms with Crippen LogP contribution in [-0.4, -0.2) is 16.6 Å². The molecule has 0 fully saturated rings. The summed E-state index contributed by atoms with van der Waals surface area (Å²) in [5.41, 5.74) is 6.57. The zero-order valence-electron chi connectivity index (χ0n) is 19.2. The number of carbonyl (C=O) groups excluding carboxylic acids is 1. The van der Waals surface area contributed by atoms with Crippen LogP contribution in [0.1, 0.15) is 46.6 Å². The molecule has 0 aliphatic heterocycles. The van der Waals surface area contributed by atoms with Crippen LogP contribution in [-0.2, 0) is 13.1 Å². The highest BCUT2D eigenvalue weighted by atomic mass is 16.5. The number of hydrogen-bond acceptors (Lipinski definition) is 2. The molecule has 0 radical (unpaired) electrons. The molecule has 0 bridgehead atoms. The fraction of sp³-hybridized carbons (Fsp3) is 0.250. The summed E-state index contributed by atoms with van der Waals surface area (Å²) in [6.07, 6.45) is 0.144. The molecule has 4 rings (SSSR count). The fourth-order valence-electron chi connectivity index (χ4n) is 4.00. The van der Waals surface area contributed by atoms with E-state index in [1.807, 2.05) is 56.3 Å². The van der Waals surface area contributed by atoms with Crippen molar-refractivity contribution in [1.82, 2.24) is 9.88 Å². The van der Waals surface area contributed by atoms with Gasteiger partial charge in [-0.15, -0.1) is 0 Å². The van der Waals surface area contributed by atoms with E-state index in [2.05, 4.69) is 54.1 Å².